The molecular weight excluding hydrogens is 507 g/mol. The summed E-state index contributed by atoms with van der Waals surface area (Å²) in [5, 5.41) is 13.5. The van der Waals surface area contributed by atoms with E-state index in [1.54, 1.807) is 0 Å². The first-order chi connectivity index (χ1) is 14.5. The number of rotatable bonds is 9. The third kappa shape index (κ3) is 6.66. The fraction of sp³-hybridized carbons (Fsp3) is 0.600. The Kier molecular flexibility index (Phi) is 7.71. The number of phosphoric acid groups is 3. The van der Waals surface area contributed by atoms with Crippen LogP contribution in [-0.2, 0) is 31.6 Å². The molecule has 0 spiro atoms. The summed E-state index contributed by atoms with van der Waals surface area (Å²) in [6.07, 6.45) is -2.49. The predicted octanol–water partition coefficient (Wildman–Crippen LogP) is -0.525. The standard InChI is InChI=1S/C10H16N5O14P3/c1-5-3-15(9(18)12-8(5)17)7-2-6(16)10(27-7,13-14-11)4-26-31(22,23)29-32(24,25)28-30(19,20)21/h3,6-7,16H,2,4H2,1H3,(H,22,23)(H,24,25)(H,12,17,18)(H2,19,20,21)/t6?,7-,10-/m1/s1. The zero-order valence-electron chi connectivity index (χ0n) is 15.7. The highest BCUT2D eigenvalue weighted by atomic mass is 31.3. The summed E-state index contributed by atoms with van der Waals surface area (Å²) >= 11 is 0. The zero-order valence-corrected chi connectivity index (χ0v) is 18.4. The molecule has 19 nitrogen and oxygen atoms in total. The third-order valence-electron chi connectivity index (χ3n) is 3.81. The fourth-order valence-corrected chi connectivity index (χ4v) is 5.55. The van der Waals surface area contributed by atoms with Crippen LogP contribution in [0.3, 0.4) is 0 Å². The summed E-state index contributed by atoms with van der Waals surface area (Å²) in [5.41, 5.74) is 4.75. The molecule has 0 saturated carbocycles. The van der Waals surface area contributed by atoms with Crippen LogP contribution in [0.5, 0.6) is 0 Å². The molecule has 0 aromatic carbocycles. The molecule has 6 N–H and O–H groups in total. The van der Waals surface area contributed by atoms with E-state index in [0.717, 1.165) is 10.8 Å². The number of H-pyrrole nitrogens is 1. The molecule has 0 aliphatic carbocycles. The van der Waals surface area contributed by atoms with Gasteiger partial charge in [0.2, 0.25) is 0 Å². The Bertz CT molecular complexity index is 1180. The van der Waals surface area contributed by atoms with Crippen LogP contribution in [0, 0.1) is 6.92 Å². The van der Waals surface area contributed by atoms with Crippen molar-refractivity contribution in [3.8, 4) is 0 Å². The lowest BCUT2D eigenvalue weighted by Crippen LogP contribution is -2.41. The van der Waals surface area contributed by atoms with Gasteiger partial charge in [-0.1, -0.05) is 5.11 Å². The molecule has 1 aromatic heterocycles. The quantitative estimate of drug-likeness (QED) is 0.103. The second-order valence-corrected chi connectivity index (χ2v) is 10.6. The van der Waals surface area contributed by atoms with Crippen LogP contribution in [0.15, 0.2) is 20.9 Å². The van der Waals surface area contributed by atoms with Gasteiger partial charge in [-0.05, 0) is 12.5 Å². The maximum atomic E-state index is 12.0. The smallest absolute Gasteiger partial charge is 0.390 e. The zero-order chi connectivity index (χ0) is 24.5. The Labute approximate surface area is 176 Å². The Morgan fingerprint density at radius 3 is 2.47 bits per heavy atom. The molecule has 32 heavy (non-hydrogen) atoms. The van der Waals surface area contributed by atoms with Crippen molar-refractivity contribution in [2.75, 3.05) is 6.61 Å². The molecule has 2 rings (SSSR count). The molecule has 1 aromatic rings. The number of aromatic amines is 1. The SMILES string of the molecule is Cc1cn([C@H]2CC(O)[C@](COP(=O)(O)OP(=O)(O)OP(=O)(O)O)(N=[N+]=[N-])O2)c(=O)[nH]c1=O. The highest BCUT2D eigenvalue weighted by Crippen LogP contribution is 2.66. The van der Waals surface area contributed by atoms with E-state index in [9.17, 15) is 33.3 Å². The summed E-state index contributed by atoms with van der Waals surface area (Å²) in [6.45, 7) is 0.0612. The number of nitrogens with one attached hydrogen (secondary N) is 1. The van der Waals surface area contributed by atoms with E-state index >= 15 is 0 Å². The van der Waals surface area contributed by atoms with Crippen molar-refractivity contribution in [1.82, 2.24) is 9.55 Å². The minimum atomic E-state index is -5.81. The van der Waals surface area contributed by atoms with Crippen LogP contribution in [0.4, 0.5) is 0 Å². The van der Waals surface area contributed by atoms with Gasteiger partial charge in [-0.3, -0.25) is 18.9 Å². The van der Waals surface area contributed by atoms with Crippen molar-refractivity contribution in [1.29, 1.82) is 0 Å². The number of aryl methyl sites for hydroxylation is 1. The summed E-state index contributed by atoms with van der Waals surface area (Å²) in [4.78, 5) is 63.6. The van der Waals surface area contributed by atoms with Crippen molar-refractivity contribution >= 4 is 23.5 Å². The molecule has 1 fully saturated rings. The molecular formula is C10H16N5O14P3. The Morgan fingerprint density at radius 1 is 1.28 bits per heavy atom. The second kappa shape index (κ2) is 9.29. The average Bonchev–Trinajstić information content (AvgIpc) is 2.90. The summed E-state index contributed by atoms with van der Waals surface area (Å²) in [6, 6.07) is 0. The van der Waals surface area contributed by atoms with Crippen LogP contribution in [0.25, 0.3) is 10.4 Å². The number of aliphatic hydroxyl groups is 1. The highest BCUT2D eigenvalue weighted by Gasteiger charge is 2.51. The van der Waals surface area contributed by atoms with Gasteiger partial charge in [-0.2, -0.15) is 8.62 Å². The number of ether oxygens (including phenoxy) is 1. The van der Waals surface area contributed by atoms with E-state index < -0.39 is 65.8 Å². The van der Waals surface area contributed by atoms with Gasteiger partial charge in [0.05, 0.1) is 12.7 Å². The van der Waals surface area contributed by atoms with Gasteiger partial charge in [0, 0.05) is 23.1 Å². The van der Waals surface area contributed by atoms with Crippen molar-refractivity contribution < 1.29 is 56.3 Å². The Morgan fingerprint density at radius 2 is 1.91 bits per heavy atom. The van der Waals surface area contributed by atoms with Crippen molar-refractivity contribution in [3.63, 3.8) is 0 Å². The number of hydrogen-bond donors (Lipinski definition) is 6. The summed E-state index contributed by atoms with van der Waals surface area (Å²) < 4.78 is 51.5. The average molecular weight is 523 g/mol. The van der Waals surface area contributed by atoms with Crippen LogP contribution in [0.2, 0.25) is 0 Å². The fourth-order valence-electron chi connectivity index (χ4n) is 2.51. The number of azide groups is 1. The van der Waals surface area contributed by atoms with E-state index in [4.69, 9.17) is 24.9 Å². The Hall–Kier alpha value is -1.68. The van der Waals surface area contributed by atoms with Crippen LogP contribution >= 0.6 is 23.5 Å². The molecule has 2 heterocycles. The number of phosphoric ester groups is 1. The lowest BCUT2D eigenvalue weighted by molar-refractivity contribution is -0.122. The lowest BCUT2D eigenvalue weighted by atomic mass is 10.1. The molecule has 0 amide bonds. The first kappa shape index (κ1) is 26.6. The highest BCUT2D eigenvalue weighted by molar-refractivity contribution is 7.66. The van der Waals surface area contributed by atoms with E-state index in [0.29, 0.717) is 0 Å². The predicted molar refractivity (Wildman–Crippen MR) is 98.5 cm³/mol. The van der Waals surface area contributed by atoms with Gasteiger partial charge >= 0.3 is 29.2 Å². The Balaban J connectivity index is 2.25. The molecule has 22 heteroatoms. The van der Waals surface area contributed by atoms with Crippen LogP contribution in [-0.4, -0.2) is 52.7 Å². The van der Waals surface area contributed by atoms with Crippen molar-refractivity contribution in [3.05, 3.63) is 43.0 Å². The topological polar surface area (TPSA) is 293 Å². The number of hydrogen-bond acceptors (Lipinski definition) is 11. The third-order valence-corrected chi connectivity index (χ3v) is 7.59. The minimum Gasteiger partial charge on any atom is -0.390 e. The second-order valence-electron chi connectivity index (χ2n) is 6.20. The van der Waals surface area contributed by atoms with Gasteiger partial charge in [-0.15, -0.1) is 0 Å². The number of nitrogens with zero attached hydrogens (tertiary/aromatic N) is 4. The van der Waals surface area contributed by atoms with Gasteiger partial charge in [0.25, 0.3) is 5.56 Å². The van der Waals surface area contributed by atoms with E-state index in [-0.39, 0.29) is 5.56 Å². The lowest BCUT2D eigenvalue weighted by Gasteiger charge is -2.27. The number of aliphatic hydroxyl groups excluding tert-OH is 1. The maximum absolute atomic E-state index is 12.0. The van der Waals surface area contributed by atoms with Crippen molar-refractivity contribution in [2.24, 2.45) is 5.11 Å². The van der Waals surface area contributed by atoms with Crippen LogP contribution < -0.4 is 11.2 Å². The van der Waals surface area contributed by atoms with Gasteiger partial charge < -0.3 is 29.4 Å². The van der Waals surface area contributed by atoms with Crippen molar-refractivity contribution in [2.45, 2.75) is 31.4 Å². The molecule has 0 radical (unpaired) electrons. The monoisotopic (exact) mass is 523 g/mol. The molecule has 5 atom stereocenters. The van der Waals surface area contributed by atoms with E-state index in [2.05, 4.69) is 23.2 Å². The summed E-state index contributed by atoms with van der Waals surface area (Å²) in [7, 11) is -17.1. The normalized spacial score (nSPS) is 27.3. The first-order valence-electron chi connectivity index (χ1n) is 8.02. The molecule has 0 bridgehead atoms. The molecule has 3 unspecified atom stereocenters. The van der Waals surface area contributed by atoms with Gasteiger partial charge in [-0.25, -0.2) is 18.5 Å². The maximum Gasteiger partial charge on any atom is 0.490 e. The van der Waals surface area contributed by atoms with Crippen LogP contribution in [0.1, 0.15) is 18.2 Å². The number of aromatic nitrogens is 2. The van der Waals surface area contributed by atoms with Gasteiger partial charge in [0.1, 0.15) is 6.23 Å². The first-order valence-corrected chi connectivity index (χ1v) is 12.5. The summed E-state index contributed by atoms with van der Waals surface area (Å²) in [5.74, 6) is 0. The largest absolute Gasteiger partial charge is 0.490 e. The molecule has 1 saturated heterocycles. The molecule has 1 aliphatic heterocycles. The molecule has 1 aliphatic rings. The van der Waals surface area contributed by atoms with E-state index in [1.165, 1.54) is 6.92 Å². The minimum absolute atomic E-state index is 0.0808. The molecule has 180 valence electrons. The van der Waals surface area contributed by atoms with E-state index in [1.807, 2.05) is 4.98 Å². The van der Waals surface area contributed by atoms with Gasteiger partial charge in [0.15, 0.2) is 5.72 Å².